The Balaban J connectivity index is 1.50. The number of aromatic carboxylic acids is 2. The van der Waals surface area contributed by atoms with Gasteiger partial charge in [-0.3, -0.25) is 0 Å². The van der Waals surface area contributed by atoms with Crippen molar-refractivity contribution in [3.63, 3.8) is 0 Å². The van der Waals surface area contributed by atoms with Gasteiger partial charge in [-0.25, -0.2) is 9.59 Å². The topological polar surface area (TPSA) is 74.6 Å². The second-order valence-corrected chi connectivity index (χ2v) is 13.6. The van der Waals surface area contributed by atoms with Crippen molar-refractivity contribution in [2.24, 2.45) is 0 Å². The van der Waals surface area contributed by atoms with E-state index >= 15 is 0 Å². The van der Waals surface area contributed by atoms with Gasteiger partial charge in [-0.15, -0.1) is 0 Å². The van der Waals surface area contributed by atoms with Crippen LogP contribution in [0.5, 0.6) is 0 Å². The molecule has 1 spiro atoms. The van der Waals surface area contributed by atoms with Crippen LogP contribution in [0.15, 0.2) is 130 Å². The van der Waals surface area contributed by atoms with Gasteiger partial charge in [0, 0.05) is 8.95 Å². The zero-order valence-corrected chi connectivity index (χ0v) is 27.8. The van der Waals surface area contributed by atoms with Crippen LogP contribution in [0.1, 0.15) is 54.1 Å². The van der Waals surface area contributed by atoms with E-state index in [1.165, 1.54) is 0 Å². The third-order valence-corrected chi connectivity index (χ3v) is 10.3. The molecule has 8 rings (SSSR count). The molecule has 4 nitrogen and oxygen atoms in total. The lowest BCUT2D eigenvalue weighted by atomic mass is 9.65. The number of fused-ring (bicyclic) bond motifs is 9. The minimum atomic E-state index is -0.999. The van der Waals surface area contributed by atoms with Gasteiger partial charge in [-0.1, -0.05) is 129 Å². The van der Waals surface area contributed by atoms with E-state index < -0.39 is 17.4 Å². The molecule has 2 N–H and O–H groups in total. The molecule has 47 heavy (non-hydrogen) atoms. The van der Waals surface area contributed by atoms with E-state index in [0.29, 0.717) is 20.1 Å². The van der Waals surface area contributed by atoms with Crippen LogP contribution < -0.4 is 0 Å². The minimum absolute atomic E-state index is 0.212. The van der Waals surface area contributed by atoms with Crippen LogP contribution in [-0.4, -0.2) is 22.2 Å². The fraction of sp³-hybridized carbons (Fsp3) is 0.0244. The zero-order valence-electron chi connectivity index (χ0n) is 24.7. The second-order valence-electron chi connectivity index (χ2n) is 11.8. The number of carboxylic acids is 2. The SMILES string of the molecule is O=C(O)c1cc(Br)ccc1-c1ccc2c(c1)C1(c3cc(-c4ccc(Br)cc4C(=O)O)ccc3C=C2)c2ccccc2-c2ccccc21. The number of hydrogen-bond acceptors (Lipinski definition) is 2. The molecule has 0 bridgehead atoms. The molecule has 2 aliphatic carbocycles. The van der Waals surface area contributed by atoms with Gasteiger partial charge in [-0.05, 0) is 103 Å². The Hall–Kier alpha value is -5.04. The highest BCUT2D eigenvalue weighted by Gasteiger charge is 2.48. The Morgan fingerprint density at radius 1 is 0.468 bits per heavy atom. The zero-order chi connectivity index (χ0) is 32.4. The van der Waals surface area contributed by atoms with Crippen molar-refractivity contribution in [3.8, 4) is 33.4 Å². The maximum Gasteiger partial charge on any atom is 0.336 e. The average molecular weight is 740 g/mol. The van der Waals surface area contributed by atoms with E-state index in [4.69, 9.17) is 0 Å². The molecular weight excluding hydrogens is 716 g/mol. The molecule has 0 aromatic heterocycles. The van der Waals surface area contributed by atoms with E-state index in [0.717, 1.165) is 55.6 Å². The molecule has 0 aliphatic heterocycles. The van der Waals surface area contributed by atoms with Crippen LogP contribution in [0.4, 0.5) is 0 Å². The average Bonchev–Trinajstić information content (AvgIpc) is 3.29. The van der Waals surface area contributed by atoms with Crippen LogP contribution >= 0.6 is 31.9 Å². The quantitative estimate of drug-likeness (QED) is 0.188. The summed E-state index contributed by atoms with van der Waals surface area (Å²) in [4.78, 5) is 24.8. The molecule has 6 aromatic carbocycles. The summed E-state index contributed by atoms with van der Waals surface area (Å²) in [5, 5.41) is 20.3. The van der Waals surface area contributed by atoms with Crippen molar-refractivity contribution < 1.29 is 19.8 Å². The summed E-state index contributed by atoms with van der Waals surface area (Å²) in [7, 11) is 0. The Kier molecular flexibility index (Phi) is 6.90. The molecular formula is C41H24Br2O4. The van der Waals surface area contributed by atoms with Crippen LogP contribution in [0, 0.1) is 0 Å². The van der Waals surface area contributed by atoms with Gasteiger partial charge < -0.3 is 10.2 Å². The highest BCUT2D eigenvalue weighted by molar-refractivity contribution is 9.10. The smallest absolute Gasteiger partial charge is 0.336 e. The van der Waals surface area contributed by atoms with Gasteiger partial charge in [0.15, 0.2) is 0 Å². The molecule has 6 aromatic rings. The molecule has 226 valence electrons. The maximum absolute atomic E-state index is 12.4. The van der Waals surface area contributed by atoms with Crippen molar-refractivity contribution >= 4 is 56.0 Å². The van der Waals surface area contributed by atoms with Crippen LogP contribution in [0.3, 0.4) is 0 Å². The van der Waals surface area contributed by atoms with Crippen LogP contribution in [-0.2, 0) is 5.41 Å². The Morgan fingerprint density at radius 3 is 1.32 bits per heavy atom. The Bertz CT molecular complexity index is 2190. The van der Waals surface area contributed by atoms with E-state index in [1.54, 1.807) is 12.1 Å². The van der Waals surface area contributed by atoms with Gasteiger partial charge in [0.1, 0.15) is 0 Å². The Morgan fingerprint density at radius 2 is 0.894 bits per heavy atom. The third kappa shape index (κ3) is 4.47. The van der Waals surface area contributed by atoms with Crippen molar-refractivity contribution in [3.05, 3.63) is 175 Å². The molecule has 0 fully saturated rings. The van der Waals surface area contributed by atoms with Gasteiger partial charge in [0.05, 0.1) is 16.5 Å². The summed E-state index contributed by atoms with van der Waals surface area (Å²) in [6.07, 6.45) is 4.25. The van der Waals surface area contributed by atoms with Gasteiger partial charge >= 0.3 is 11.9 Å². The molecule has 0 amide bonds. The summed E-state index contributed by atoms with van der Waals surface area (Å²) < 4.78 is 1.39. The number of rotatable bonds is 4. The van der Waals surface area contributed by atoms with Gasteiger partial charge in [0.25, 0.3) is 0 Å². The number of hydrogen-bond donors (Lipinski definition) is 2. The number of carboxylic acid groups (broad SMARTS) is 2. The van der Waals surface area contributed by atoms with Crippen molar-refractivity contribution in [2.75, 3.05) is 0 Å². The molecule has 0 saturated heterocycles. The molecule has 0 heterocycles. The molecule has 2 aliphatic rings. The standard InChI is InChI=1S/C41H24Br2O4/c42-27-15-17-29(33(21-27)39(44)45)25-13-11-23-9-10-24-12-14-26(30-18-16-28(43)22-34(30)40(46)47)20-38(24)41(37(23)19-25)35-7-3-1-5-31(35)32-6-2-4-8-36(32)41/h1-22H,(H,44,45)(H,46,47). The summed E-state index contributed by atoms with van der Waals surface area (Å²) >= 11 is 6.88. The Labute approximate surface area is 287 Å². The fourth-order valence-corrected chi connectivity index (χ4v) is 8.14. The molecule has 0 unspecified atom stereocenters. The molecule has 6 heteroatoms. The van der Waals surface area contributed by atoms with Gasteiger partial charge in [0.2, 0.25) is 0 Å². The first-order valence-electron chi connectivity index (χ1n) is 15.0. The summed E-state index contributed by atoms with van der Waals surface area (Å²) in [6.45, 7) is 0. The van der Waals surface area contributed by atoms with E-state index in [9.17, 15) is 19.8 Å². The fourth-order valence-electron chi connectivity index (χ4n) is 7.42. The monoisotopic (exact) mass is 738 g/mol. The lowest BCUT2D eigenvalue weighted by Crippen LogP contribution is -2.30. The largest absolute Gasteiger partial charge is 0.478 e. The molecule has 0 radical (unpaired) electrons. The van der Waals surface area contributed by atoms with Gasteiger partial charge in [-0.2, -0.15) is 0 Å². The number of carbonyl (C=O) groups is 2. The summed E-state index contributed by atoms with van der Waals surface area (Å²) in [5.74, 6) is -2.00. The lowest BCUT2D eigenvalue weighted by Gasteiger charge is -2.36. The number of benzene rings is 6. The predicted octanol–water partition coefficient (Wildman–Crippen LogP) is 10.8. The first kappa shape index (κ1) is 29.4. The summed E-state index contributed by atoms with van der Waals surface area (Å²) in [5.41, 5.74) is 11.0. The normalized spacial score (nSPS) is 13.3. The third-order valence-electron chi connectivity index (χ3n) is 9.36. The lowest BCUT2D eigenvalue weighted by molar-refractivity contribution is 0.0686. The van der Waals surface area contributed by atoms with Crippen LogP contribution in [0.2, 0.25) is 0 Å². The van der Waals surface area contributed by atoms with E-state index in [-0.39, 0.29) is 11.1 Å². The summed E-state index contributed by atoms with van der Waals surface area (Å²) in [6, 6.07) is 40.0. The molecule has 0 atom stereocenters. The van der Waals surface area contributed by atoms with Crippen molar-refractivity contribution in [1.82, 2.24) is 0 Å². The van der Waals surface area contributed by atoms with Crippen molar-refractivity contribution in [2.45, 2.75) is 5.41 Å². The van der Waals surface area contributed by atoms with Crippen LogP contribution in [0.25, 0.3) is 45.5 Å². The minimum Gasteiger partial charge on any atom is -0.478 e. The maximum atomic E-state index is 12.4. The highest BCUT2D eigenvalue weighted by Crippen LogP contribution is 2.59. The van der Waals surface area contributed by atoms with E-state index in [1.807, 2.05) is 36.4 Å². The number of halogens is 2. The predicted molar refractivity (Wildman–Crippen MR) is 193 cm³/mol. The second kappa shape index (κ2) is 11.0. The molecule has 0 saturated carbocycles. The highest BCUT2D eigenvalue weighted by atomic mass is 79.9. The first-order valence-corrected chi connectivity index (χ1v) is 16.6. The first-order chi connectivity index (χ1) is 22.8. The van der Waals surface area contributed by atoms with E-state index in [2.05, 4.69) is 117 Å². The van der Waals surface area contributed by atoms with Crippen molar-refractivity contribution in [1.29, 1.82) is 0 Å².